The molecule has 26 heavy (non-hydrogen) atoms. The number of hydrogen-bond acceptors (Lipinski definition) is 8. The lowest BCUT2D eigenvalue weighted by atomic mass is 10.1. The molecule has 3 rings (SSSR count). The first-order chi connectivity index (χ1) is 12.5. The van der Waals surface area contributed by atoms with Gasteiger partial charge in [0.1, 0.15) is 12.4 Å². The molecule has 2 aromatic rings. The van der Waals surface area contributed by atoms with Gasteiger partial charge in [0, 0.05) is 29.3 Å². The summed E-state index contributed by atoms with van der Waals surface area (Å²) in [4.78, 5) is 21.0. The maximum absolute atomic E-state index is 11.1. The lowest BCUT2D eigenvalue weighted by Gasteiger charge is -2.20. The van der Waals surface area contributed by atoms with Gasteiger partial charge in [-0.25, -0.2) is 0 Å². The van der Waals surface area contributed by atoms with Gasteiger partial charge >= 0.3 is 0 Å². The van der Waals surface area contributed by atoms with Crippen LogP contribution < -0.4 is 14.2 Å². The van der Waals surface area contributed by atoms with Crippen molar-refractivity contribution >= 4 is 11.4 Å². The molecule has 0 bridgehead atoms. The van der Waals surface area contributed by atoms with Crippen LogP contribution in [0.3, 0.4) is 0 Å². The second kappa shape index (κ2) is 7.23. The molecule has 1 aliphatic rings. The zero-order chi connectivity index (χ0) is 18.7. The van der Waals surface area contributed by atoms with E-state index in [0.717, 1.165) is 0 Å². The smallest absolute Gasteiger partial charge is 0.273 e. The maximum atomic E-state index is 11.1. The first-order valence-electron chi connectivity index (χ1n) is 7.45. The third kappa shape index (κ3) is 3.49. The molecule has 0 aliphatic carbocycles. The van der Waals surface area contributed by atoms with Gasteiger partial charge in [0.2, 0.25) is 0 Å². The van der Waals surface area contributed by atoms with E-state index in [2.05, 4.69) is 0 Å². The molecular weight excluding hydrogens is 348 g/mol. The monoisotopic (exact) mass is 362 g/mol. The number of nitro groups is 2. The molecule has 0 radical (unpaired) electrons. The summed E-state index contributed by atoms with van der Waals surface area (Å²) in [5.41, 5.74) is 0.690. The third-order valence-corrected chi connectivity index (χ3v) is 3.72. The highest BCUT2D eigenvalue weighted by molar-refractivity contribution is 5.51. The summed E-state index contributed by atoms with van der Waals surface area (Å²) in [6.07, 6.45) is 0. The molecular formula is C16H14N2O8. The number of benzene rings is 2. The molecule has 0 aromatic heterocycles. The Labute approximate surface area is 147 Å². The van der Waals surface area contributed by atoms with Crippen LogP contribution in [0.25, 0.3) is 0 Å². The standard InChI is InChI=1S/C16H14N2O8/c1-23-14-3-2-12(17(19)20)6-15(14)25-8-11-5-13(18(21)22)4-10-7-24-9-26-16(10)11/h2-6H,7-9H2,1H3. The number of non-ortho nitro benzene ring substituents is 2. The minimum Gasteiger partial charge on any atom is -0.493 e. The predicted molar refractivity (Wildman–Crippen MR) is 87.4 cm³/mol. The quantitative estimate of drug-likeness (QED) is 0.567. The van der Waals surface area contributed by atoms with Crippen molar-refractivity contribution in [2.45, 2.75) is 13.2 Å². The summed E-state index contributed by atoms with van der Waals surface area (Å²) >= 11 is 0. The van der Waals surface area contributed by atoms with Crippen LogP contribution in [0.15, 0.2) is 30.3 Å². The minimum atomic E-state index is -0.554. The summed E-state index contributed by atoms with van der Waals surface area (Å²) in [5.74, 6) is 0.902. The molecule has 2 aromatic carbocycles. The highest BCUT2D eigenvalue weighted by atomic mass is 16.7. The van der Waals surface area contributed by atoms with Crippen molar-refractivity contribution in [2.24, 2.45) is 0 Å². The van der Waals surface area contributed by atoms with Crippen LogP contribution in [0.5, 0.6) is 17.2 Å². The number of methoxy groups -OCH3 is 1. The Kier molecular flexibility index (Phi) is 4.85. The van der Waals surface area contributed by atoms with Gasteiger partial charge in [-0.05, 0) is 6.07 Å². The van der Waals surface area contributed by atoms with E-state index < -0.39 is 9.85 Å². The molecule has 0 atom stereocenters. The number of nitrogens with zero attached hydrogens (tertiary/aromatic N) is 2. The summed E-state index contributed by atoms with van der Waals surface area (Å²) in [6, 6.07) is 6.66. The molecule has 1 heterocycles. The molecule has 136 valence electrons. The van der Waals surface area contributed by atoms with E-state index in [0.29, 0.717) is 22.6 Å². The van der Waals surface area contributed by atoms with Crippen LogP contribution in [-0.4, -0.2) is 23.7 Å². The third-order valence-electron chi connectivity index (χ3n) is 3.72. The van der Waals surface area contributed by atoms with Crippen molar-refractivity contribution in [1.82, 2.24) is 0 Å². The predicted octanol–water partition coefficient (Wildman–Crippen LogP) is 2.96. The average molecular weight is 362 g/mol. The molecule has 0 unspecified atom stereocenters. The fourth-order valence-electron chi connectivity index (χ4n) is 2.54. The number of nitro benzene ring substituents is 2. The van der Waals surface area contributed by atoms with Crippen LogP contribution in [0.1, 0.15) is 11.1 Å². The highest BCUT2D eigenvalue weighted by Gasteiger charge is 2.22. The van der Waals surface area contributed by atoms with E-state index in [1.54, 1.807) is 0 Å². The van der Waals surface area contributed by atoms with Gasteiger partial charge in [0.15, 0.2) is 18.3 Å². The van der Waals surface area contributed by atoms with Crippen molar-refractivity contribution in [3.8, 4) is 17.2 Å². The zero-order valence-corrected chi connectivity index (χ0v) is 13.7. The van der Waals surface area contributed by atoms with Gasteiger partial charge < -0.3 is 18.9 Å². The summed E-state index contributed by atoms with van der Waals surface area (Å²) < 4.78 is 21.3. The van der Waals surface area contributed by atoms with Gasteiger partial charge in [-0.3, -0.25) is 20.2 Å². The van der Waals surface area contributed by atoms with E-state index in [4.69, 9.17) is 18.9 Å². The fourth-order valence-corrected chi connectivity index (χ4v) is 2.54. The first kappa shape index (κ1) is 17.4. The fraction of sp³-hybridized carbons (Fsp3) is 0.250. The lowest BCUT2D eigenvalue weighted by molar-refractivity contribution is -0.385. The second-order valence-corrected chi connectivity index (χ2v) is 5.34. The van der Waals surface area contributed by atoms with Crippen LogP contribution >= 0.6 is 0 Å². The zero-order valence-electron chi connectivity index (χ0n) is 13.7. The molecule has 0 N–H and O–H groups in total. The van der Waals surface area contributed by atoms with Gasteiger partial charge in [-0.15, -0.1) is 0 Å². The second-order valence-electron chi connectivity index (χ2n) is 5.34. The van der Waals surface area contributed by atoms with Crippen molar-refractivity contribution in [3.63, 3.8) is 0 Å². The van der Waals surface area contributed by atoms with Gasteiger partial charge in [-0.2, -0.15) is 0 Å². The Balaban J connectivity index is 1.92. The number of rotatable bonds is 6. The molecule has 10 nitrogen and oxygen atoms in total. The molecule has 0 fully saturated rings. The van der Waals surface area contributed by atoms with E-state index in [1.165, 1.54) is 37.4 Å². The summed E-state index contributed by atoms with van der Waals surface area (Å²) in [6.45, 7) is 0.115. The largest absolute Gasteiger partial charge is 0.493 e. The molecule has 10 heteroatoms. The van der Waals surface area contributed by atoms with E-state index in [-0.39, 0.29) is 37.1 Å². The topological polar surface area (TPSA) is 123 Å². The molecule has 0 amide bonds. The number of fused-ring (bicyclic) bond motifs is 1. The molecule has 0 saturated carbocycles. The van der Waals surface area contributed by atoms with Gasteiger partial charge in [0.05, 0.1) is 29.6 Å². The van der Waals surface area contributed by atoms with E-state index in [9.17, 15) is 20.2 Å². The first-order valence-corrected chi connectivity index (χ1v) is 7.45. The minimum absolute atomic E-state index is 0.0257. The Morgan fingerprint density at radius 2 is 1.85 bits per heavy atom. The Morgan fingerprint density at radius 1 is 1.08 bits per heavy atom. The average Bonchev–Trinajstić information content (AvgIpc) is 2.65. The lowest BCUT2D eigenvalue weighted by Crippen LogP contribution is -2.14. The maximum Gasteiger partial charge on any atom is 0.273 e. The normalized spacial score (nSPS) is 12.7. The van der Waals surface area contributed by atoms with E-state index >= 15 is 0 Å². The molecule has 1 aliphatic heterocycles. The van der Waals surface area contributed by atoms with Gasteiger partial charge in [0.25, 0.3) is 11.4 Å². The molecule has 0 spiro atoms. The highest BCUT2D eigenvalue weighted by Crippen LogP contribution is 2.36. The van der Waals surface area contributed by atoms with Crippen LogP contribution in [0, 0.1) is 20.2 Å². The van der Waals surface area contributed by atoms with Crippen LogP contribution in [-0.2, 0) is 18.0 Å². The number of hydrogen-bond donors (Lipinski definition) is 0. The summed E-state index contributed by atoms with van der Waals surface area (Å²) in [5, 5.41) is 22.1. The Morgan fingerprint density at radius 3 is 2.54 bits per heavy atom. The van der Waals surface area contributed by atoms with Crippen molar-refractivity contribution in [3.05, 3.63) is 61.7 Å². The van der Waals surface area contributed by atoms with Crippen molar-refractivity contribution in [2.75, 3.05) is 13.9 Å². The van der Waals surface area contributed by atoms with Crippen molar-refractivity contribution in [1.29, 1.82) is 0 Å². The Bertz CT molecular complexity index is 868. The molecule has 0 saturated heterocycles. The van der Waals surface area contributed by atoms with Gasteiger partial charge in [-0.1, -0.05) is 0 Å². The Hall–Kier alpha value is -3.40. The van der Waals surface area contributed by atoms with Crippen molar-refractivity contribution < 1.29 is 28.8 Å². The SMILES string of the molecule is COc1ccc([N+](=O)[O-])cc1OCc1cc([N+](=O)[O-])cc2c1OCOC2. The van der Waals surface area contributed by atoms with Crippen LogP contribution in [0.2, 0.25) is 0 Å². The number of ether oxygens (including phenoxy) is 4. The summed E-state index contributed by atoms with van der Waals surface area (Å²) in [7, 11) is 1.41. The van der Waals surface area contributed by atoms with Crippen LogP contribution in [0.4, 0.5) is 11.4 Å². The van der Waals surface area contributed by atoms with E-state index in [1.807, 2.05) is 0 Å².